The van der Waals surface area contributed by atoms with Gasteiger partial charge in [0.05, 0.1) is 11.0 Å². The second kappa shape index (κ2) is 5.44. The molecule has 0 fully saturated rings. The highest BCUT2D eigenvalue weighted by atomic mass is 32.2. The van der Waals surface area contributed by atoms with Crippen molar-refractivity contribution in [1.29, 1.82) is 5.26 Å². The zero-order chi connectivity index (χ0) is 12.0. The minimum absolute atomic E-state index is 0.00376. The largest absolute Gasteiger partial charge is 0.328 e. The molecule has 0 aliphatic rings. The maximum absolute atomic E-state index is 11.6. The Bertz CT molecular complexity index is 521. The molecule has 6 nitrogen and oxygen atoms in total. The molecule has 16 heavy (non-hydrogen) atoms. The summed E-state index contributed by atoms with van der Waals surface area (Å²) in [7, 11) is -3.59. The number of nitrogens with zero attached hydrogens (tertiary/aromatic N) is 1. The fourth-order valence-corrected chi connectivity index (χ4v) is 2.06. The highest BCUT2D eigenvalue weighted by molar-refractivity contribution is 7.89. The Morgan fingerprint density at radius 1 is 1.44 bits per heavy atom. The van der Waals surface area contributed by atoms with E-state index in [0.29, 0.717) is 12.8 Å². The minimum Gasteiger partial charge on any atom is -0.328 e. The molecule has 0 unspecified atom stereocenters. The lowest BCUT2D eigenvalue weighted by molar-refractivity contribution is 0.579. The van der Waals surface area contributed by atoms with Crippen molar-refractivity contribution >= 4 is 10.0 Å². The van der Waals surface area contributed by atoms with Gasteiger partial charge in [-0.05, 0) is 12.5 Å². The summed E-state index contributed by atoms with van der Waals surface area (Å²) in [5, 5.41) is 8.28. The fraction of sp³-hybridized carbons (Fsp3) is 0.333. The van der Waals surface area contributed by atoms with Crippen LogP contribution < -0.4 is 10.3 Å². The molecule has 0 aliphatic heterocycles. The van der Waals surface area contributed by atoms with Crippen LogP contribution in [0.25, 0.3) is 0 Å². The zero-order valence-corrected chi connectivity index (χ0v) is 9.25. The molecule has 0 bridgehead atoms. The Kier molecular flexibility index (Phi) is 4.22. The molecule has 0 saturated carbocycles. The van der Waals surface area contributed by atoms with Crippen molar-refractivity contribution in [3.63, 3.8) is 0 Å². The van der Waals surface area contributed by atoms with Gasteiger partial charge in [-0.25, -0.2) is 13.1 Å². The van der Waals surface area contributed by atoms with Crippen molar-refractivity contribution in [2.24, 2.45) is 0 Å². The highest BCUT2D eigenvalue weighted by Gasteiger charge is 2.12. The first-order valence-corrected chi connectivity index (χ1v) is 6.10. The van der Waals surface area contributed by atoms with Crippen molar-refractivity contribution in [3.05, 3.63) is 28.7 Å². The molecule has 1 rings (SSSR count). The molecule has 0 saturated heterocycles. The van der Waals surface area contributed by atoms with Crippen LogP contribution >= 0.6 is 0 Å². The van der Waals surface area contributed by atoms with Gasteiger partial charge in [-0.15, -0.1) is 0 Å². The minimum atomic E-state index is -3.59. The quantitative estimate of drug-likeness (QED) is 0.706. The van der Waals surface area contributed by atoms with Crippen LogP contribution in [0.2, 0.25) is 0 Å². The lowest BCUT2D eigenvalue weighted by Crippen LogP contribution is -2.25. The number of aromatic amines is 1. The van der Waals surface area contributed by atoms with E-state index in [1.54, 1.807) is 0 Å². The summed E-state index contributed by atoms with van der Waals surface area (Å²) in [6, 6.07) is 4.29. The predicted octanol–water partition coefficient (Wildman–Crippen LogP) is -0.0430. The molecule has 0 spiro atoms. The number of hydrogen-bond donors (Lipinski definition) is 2. The van der Waals surface area contributed by atoms with E-state index in [-0.39, 0.29) is 17.0 Å². The van der Waals surface area contributed by atoms with Crippen LogP contribution in [0.5, 0.6) is 0 Å². The third-order valence-corrected chi connectivity index (χ3v) is 3.28. The molecule has 0 radical (unpaired) electrons. The molecule has 2 N–H and O–H groups in total. The monoisotopic (exact) mass is 241 g/mol. The Morgan fingerprint density at radius 3 is 2.75 bits per heavy atom. The number of pyridine rings is 1. The van der Waals surface area contributed by atoms with Crippen LogP contribution in [-0.2, 0) is 10.0 Å². The first kappa shape index (κ1) is 12.4. The van der Waals surface area contributed by atoms with Crippen molar-refractivity contribution in [1.82, 2.24) is 9.71 Å². The smallest absolute Gasteiger partial charge is 0.247 e. The summed E-state index contributed by atoms with van der Waals surface area (Å²) in [6.07, 6.45) is 1.89. The number of unbranched alkanes of at least 4 members (excludes halogenated alkanes) is 1. The van der Waals surface area contributed by atoms with E-state index in [0.717, 1.165) is 12.3 Å². The Hall–Kier alpha value is -1.65. The van der Waals surface area contributed by atoms with Gasteiger partial charge in [0, 0.05) is 25.2 Å². The number of rotatable bonds is 5. The molecule has 1 aromatic heterocycles. The summed E-state index contributed by atoms with van der Waals surface area (Å²) in [5.41, 5.74) is -0.358. The van der Waals surface area contributed by atoms with E-state index in [1.165, 1.54) is 6.07 Å². The van der Waals surface area contributed by atoms with Gasteiger partial charge < -0.3 is 4.98 Å². The lowest BCUT2D eigenvalue weighted by Gasteiger charge is -2.04. The standard InChI is InChI=1S/C9H11N3O3S/c10-5-1-2-6-12-16(14,15)8-3-4-9(13)11-7-8/h3-4,7,12H,1-2,6H2,(H,11,13). The Labute approximate surface area is 93.0 Å². The molecule has 0 amide bonds. The maximum atomic E-state index is 11.6. The molecule has 0 aliphatic carbocycles. The molecular formula is C9H11N3O3S. The second-order valence-electron chi connectivity index (χ2n) is 3.05. The maximum Gasteiger partial charge on any atom is 0.247 e. The molecule has 0 aromatic carbocycles. The fourth-order valence-electron chi connectivity index (χ4n) is 1.02. The van der Waals surface area contributed by atoms with E-state index in [9.17, 15) is 13.2 Å². The van der Waals surface area contributed by atoms with Gasteiger partial charge in [0.15, 0.2) is 0 Å². The third-order valence-electron chi connectivity index (χ3n) is 1.82. The van der Waals surface area contributed by atoms with Gasteiger partial charge in [-0.1, -0.05) is 0 Å². The summed E-state index contributed by atoms with van der Waals surface area (Å²) >= 11 is 0. The van der Waals surface area contributed by atoms with E-state index in [1.807, 2.05) is 6.07 Å². The number of nitrogens with one attached hydrogen (secondary N) is 2. The van der Waals surface area contributed by atoms with Crippen LogP contribution in [-0.4, -0.2) is 19.9 Å². The van der Waals surface area contributed by atoms with Crippen molar-refractivity contribution in [2.45, 2.75) is 17.7 Å². The number of aromatic nitrogens is 1. The molecule has 0 atom stereocenters. The Balaban J connectivity index is 2.68. The van der Waals surface area contributed by atoms with Crippen LogP contribution in [0.15, 0.2) is 28.0 Å². The van der Waals surface area contributed by atoms with Crippen LogP contribution in [0.4, 0.5) is 0 Å². The predicted molar refractivity (Wildman–Crippen MR) is 57.1 cm³/mol. The van der Waals surface area contributed by atoms with Crippen molar-refractivity contribution in [3.8, 4) is 6.07 Å². The summed E-state index contributed by atoms with van der Waals surface area (Å²) in [6.45, 7) is 0.203. The third kappa shape index (κ3) is 3.49. The summed E-state index contributed by atoms with van der Waals surface area (Å²) in [4.78, 5) is 13.0. The summed E-state index contributed by atoms with van der Waals surface area (Å²) < 4.78 is 25.5. The highest BCUT2D eigenvalue weighted by Crippen LogP contribution is 2.03. The second-order valence-corrected chi connectivity index (χ2v) is 4.82. The lowest BCUT2D eigenvalue weighted by atomic mass is 10.3. The van der Waals surface area contributed by atoms with Crippen LogP contribution in [0.3, 0.4) is 0 Å². The zero-order valence-electron chi connectivity index (χ0n) is 8.43. The molecule has 86 valence electrons. The first-order valence-electron chi connectivity index (χ1n) is 4.61. The SMILES string of the molecule is N#CCCCNS(=O)(=O)c1ccc(=O)[nH]c1. The number of hydrogen-bond acceptors (Lipinski definition) is 4. The van der Waals surface area contributed by atoms with E-state index >= 15 is 0 Å². The van der Waals surface area contributed by atoms with Crippen LogP contribution in [0.1, 0.15) is 12.8 Å². The number of H-pyrrole nitrogens is 1. The molecular weight excluding hydrogens is 230 g/mol. The van der Waals surface area contributed by atoms with Gasteiger partial charge in [0.25, 0.3) is 0 Å². The van der Waals surface area contributed by atoms with Gasteiger partial charge in [0.1, 0.15) is 0 Å². The number of sulfonamides is 1. The average Bonchev–Trinajstić information content (AvgIpc) is 2.25. The van der Waals surface area contributed by atoms with E-state index < -0.39 is 10.0 Å². The average molecular weight is 241 g/mol. The summed E-state index contributed by atoms with van der Waals surface area (Å²) in [5.74, 6) is 0. The van der Waals surface area contributed by atoms with E-state index in [4.69, 9.17) is 5.26 Å². The molecule has 1 aromatic rings. The van der Waals surface area contributed by atoms with Gasteiger partial charge >= 0.3 is 0 Å². The van der Waals surface area contributed by atoms with Gasteiger partial charge in [0.2, 0.25) is 15.6 Å². The topological polar surface area (TPSA) is 103 Å². The first-order chi connectivity index (χ1) is 7.56. The van der Waals surface area contributed by atoms with Crippen molar-refractivity contribution < 1.29 is 8.42 Å². The number of nitriles is 1. The molecule has 1 heterocycles. The van der Waals surface area contributed by atoms with Gasteiger partial charge in [-0.3, -0.25) is 4.79 Å². The van der Waals surface area contributed by atoms with Gasteiger partial charge in [-0.2, -0.15) is 5.26 Å². The molecule has 7 heteroatoms. The Morgan fingerprint density at radius 2 is 2.19 bits per heavy atom. The van der Waals surface area contributed by atoms with Crippen LogP contribution in [0, 0.1) is 11.3 Å². The normalized spacial score (nSPS) is 10.9. The van der Waals surface area contributed by atoms with Crippen molar-refractivity contribution in [2.75, 3.05) is 6.54 Å². The van der Waals surface area contributed by atoms with E-state index in [2.05, 4.69) is 9.71 Å².